The monoisotopic (exact) mass is 236 g/mol. The van der Waals surface area contributed by atoms with Crippen LogP contribution in [0.4, 0.5) is 13.2 Å². The zero-order valence-electron chi connectivity index (χ0n) is 9.94. The summed E-state index contributed by atoms with van der Waals surface area (Å²) < 4.78 is 40.9. The van der Waals surface area contributed by atoms with Crippen LogP contribution in [0.15, 0.2) is 0 Å². The highest BCUT2D eigenvalue weighted by Crippen LogP contribution is 2.45. The lowest BCUT2D eigenvalue weighted by Gasteiger charge is -2.41. The highest BCUT2D eigenvalue weighted by atomic mass is 28.3. The van der Waals surface area contributed by atoms with E-state index in [0.717, 1.165) is 6.92 Å². The summed E-state index contributed by atoms with van der Waals surface area (Å²) >= 11 is 0. The van der Waals surface area contributed by atoms with Gasteiger partial charge in [-0.2, -0.15) is 0 Å². The molecule has 0 amide bonds. The number of halogens is 3. The molecule has 1 atom stereocenters. The summed E-state index contributed by atoms with van der Waals surface area (Å²) in [5.74, 6) is 0. The van der Waals surface area contributed by atoms with E-state index in [4.69, 9.17) is 6.42 Å². The average Bonchev–Trinajstić information content (AvgIpc) is 2.03. The molecule has 0 aromatic heterocycles. The zero-order chi connectivity index (χ0) is 12.4. The Morgan fingerprint density at radius 2 is 1.40 bits per heavy atom. The lowest BCUT2D eigenvalue weighted by atomic mass is 10.4. The fourth-order valence-electron chi connectivity index (χ4n) is 2.20. The molecule has 15 heavy (non-hydrogen) atoms. The molecule has 4 heteroatoms. The minimum absolute atomic E-state index is 0.337. The number of rotatable bonds is 4. The fraction of sp³-hybridized carbons (Fsp3) is 0.818. The van der Waals surface area contributed by atoms with Gasteiger partial charge in [0.05, 0.1) is 0 Å². The van der Waals surface area contributed by atoms with Gasteiger partial charge in [-0.25, -0.2) is 13.2 Å². The van der Waals surface area contributed by atoms with E-state index in [1.54, 1.807) is 27.7 Å². The van der Waals surface area contributed by atoms with Crippen LogP contribution in [0.1, 0.15) is 34.6 Å². The first-order valence-corrected chi connectivity index (χ1v) is 7.29. The van der Waals surface area contributed by atoms with E-state index in [-0.39, 0.29) is 11.1 Å². The summed E-state index contributed by atoms with van der Waals surface area (Å²) in [6, 6.07) is 0. The highest BCUT2D eigenvalue weighted by molar-refractivity contribution is 6.91. The molecule has 0 N–H and O–H groups in total. The molecule has 1 unspecified atom stereocenters. The van der Waals surface area contributed by atoms with Crippen molar-refractivity contribution in [3.8, 4) is 12.0 Å². The largest absolute Gasteiger partial charge is 0.272 e. The Kier molecular flexibility index (Phi) is 4.47. The Morgan fingerprint density at radius 1 is 1.07 bits per heavy atom. The molecule has 0 aliphatic rings. The molecule has 0 saturated heterocycles. The summed E-state index contributed by atoms with van der Waals surface area (Å²) in [6.07, 6.45) is 3.12. The van der Waals surface area contributed by atoms with Gasteiger partial charge in [-0.15, -0.1) is 12.0 Å². The Hall–Kier alpha value is -0.433. The number of terminal acetylenes is 1. The summed E-state index contributed by atoms with van der Waals surface area (Å²) in [4.78, 5) is 0. The van der Waals surface area contributed by atoms with E-state index in [9.17, 15) is 13.2 Å². The lowest BCUT2D eigenvalue weighted by Crippen LogP contribution is -2.60. The van der Waals surface area contributed by atoms with Gasteiger partial charge in [-0.3, -0.25) is 0 Å². The molecule has 0 spiro atoms. The smallest absolute Gasteiger partial charge is 0.242 e. The summed E-state index contributed by atoms with van der Waals surface area (Å²) in [5.41, 5.74) is -1.75. The second-order valence-corrected chi connectivity index (χ2v) is 9.56. The van der Waals surface area contributed by atoms with Gasteiger partial charge in [0, 0.05) is 0 Å². The number of hydrogen-bond donors (Lipinski definition) is 0. The van der Waals surface area contributed by atoms with Gasteiger partial charge in [-0.05, 0) is 18.0 Å². The van der Waals surface area contributed by atoms with Gasteiger partial charge in [0.1, 0.15) is 0 Å². The van der Waals surface area contributed by atoms with Crippen LogP contribution in [-0.2, 0) is 0 Å². The van der Waals surface area contributed by atoms with Crippen LogP contribution >= 0.6 is 0 Å². The van der Waals surface area contributed by atoms with E-state index < -0.39 is 19.8 Å². The molecule has 88 valence electrons. The van der Waals surface area contributed by atoms with Crippen molar-refractivity contribution in [1.29, 1.82) is 0 Å². The van der Waals surface area contributed by atoms with E-state index in [1.165, 1.54) is 0 Å². The first-order valence-electron chi connectivity index (χ1n) is 5.14. The minimum Gasteiger partial charge on any atom is -0.242 e. The van der Waals surface area contributed by atoms with Crippen molar-refractivity contribution in [2.45, 2.75) is 57.4 Å². The standard InChI is InChI=1S/C11H19F3Si/c1-7-15(8(2)3,9(4)5)11(13,14)10(6)12/h1,8-10H,2-6H3. The van der Waals surface area contributed by atoms with Gasteiger partial charge in [0.25, 0.3) is 5.55 Å². The van der Waals surface area contributed by atoms with E-state index in [1.807, 2.05) is 0 Å². The van der Waals surface area contributed by atoms with Crippen LogP contribution in [0.3, 0.4) is 0 Å². The quantitative estimate of drug-likeness (QED) is 0.512. The third-order valence-corrected chi connectivity index (χ3v) is 8.73. The van der Waals surface area contributed by atoms with Gasteiger partial charge in [0.15, 0.2) is 6.17 Å². The molecule has 0 aromatic carbocycles. The summed E-state index contributed by atoms with van der Waals surface area (Å²) in [6.45, 7) is 7.57. The molecule has 0 heterocycles. The first-order chi connectivity index (χ1) is 6.64. The normalized spacial score (nSPS) is 15.5. The van der Waals surface area contributed by atoms with Crippen LogP contribution < -0.4 is 0 Å². The zero-order valence-corrected chi connectivity index (χ0v) is 10.9. The first kappa shape index (κ1) is 14.6. The molecule has 0 aromatic rings. The third-order valence-electron chi connectivity index (χ3n) is 3.11. The van der Waals surface area contributed by atoms with Crippen LogP contribution in [0.2, 0.25) is 11.1 Å². The van der Waals surface area contributed by atoms with Crippen molar-refractivity contribution >= 4 is 8.07 Å². The van der Waals surface area contributed by atoms with Crippen LogP contribution in [-0.4, -0.2) is 19.8 Å². The minimum atomic E-state index is -3.40. The predicted molar refractivity (Wildman–Crippen MR) is 60.3 cm³/mol. The summed E-state index contributed by atoms with van der Waals surface area (Å²) in [5, 5.41) is 0. The molecule has 0 fully saturated rings. The average molecular weight is 236 g/mol. The fourth-order valence-corrected chi connectivity index (χ4v) is 6.59. The highest BCUT2D eigenvalue weighted by Gasteiger charge is 2.62. The van der Waals surface area contributed by atoms with Crippen molar-refractivity contribution in [3.05, 3.63) is 0 Å². The summed E-state index contributed by atoms with van der Waals surface area (Å²) in [7, 11) is -3.40. The van der Waals surface area contributed by atoms with E-state index in [2.05, 4.69) is 5.54 Å². The third kappa shape index (κ3) is 2.08. The van der Waals surface area contributed by atoms with Crippen molar-refractivity contribution < 1.29 is 13.2 Å². The van der Waals surface area contributed by atoms with Crippen LogP contribution in [0.5, 0.6) is 0 Å². The maximum absolute atomic E-state index is 13.9. The van der Waals surface area contributed by atoms with Gasteiger partial charge in [0.2, 0.25) is 8.07 Å². The van der Waals surface area contributed by atoms with Crippen molar-refractivity contribution in [2.24, 2.45) is 0 Å². The molecule has 0 rings (SSSR count). The molecule has 0 nitrogen and oxygen atoms in total. The Labute approximate surface area is 91.3 Å². The Morgan fingerprint density at radius 3 is 1.47 bits per heavy atom. The molecular weight excluding hydrogens is 217 g/mol. The van der Waals surface area contributed by atoms with Crippen molar-refractivity contribution in [3.63, 3.8) is 0 Å². The number of alkyl halides is 3. The van der Waals surface area contributed by atoms with Crippen LogP contribution in [0, 0.1) is 12.0 Å². The Balaban J connectivity index is 5.58. The second-order valence-electron chi connectivity index (χ2n) is 4.56. The molecule has 0 radical (unpaired) electrons. The van der Waals surface area contributed by atoms with Gasteiger partial charge >= 0.3 is 0 Å². The van der Waals surface area contributed by atoms with Crippen LogP contribution in [0.25, 0.3) is 0 Å². The van der Waals surface area contributed by atoms with Crippen molar-refractivity contribution in [1.82, 2.24) is 0 Å². The lowest BCUT2D eigenvalue weighted by molar-refractivity contribution is 0.00119. The SMILES string of the molecule is C#C[Si](C(C)C)(C(C)C)C(F)(F)C(C)F. The molecule has 0 saturated carbocycles. The molecule has 0 bridgehead atoms. The molecular formula is C11H19F3Si. The second kappa shape index (κ2) is 4.61. The predicted octanol–water partition coefficient (Wildman–Crippen LogP) is 3.96. The molecule has 0 aliphatic heterocycles. The molecule has 0 aliphatic carbocycles. The van der Waals surface area contributed by atoms with Crippen molar-refractivity contribution in [2.75, 3.05) is 0 Å². The maximum atomic E-state index is 13.9. The topological polar surface area (TPSA) is 0 Å². The van der Waals surface area contributed by atoms with Gasteiger partial charge < -0.3 is 0 Å². The Bertz CT molecular complexity index is 243. The number of hydrogen-bond acceptors (Lipinski definition) is 0. The van der Waals surface area contributed by atoms with E-state index in [0.29, 0.717) is 0 Å². The maximum Gasteiger partial charge on any atom is 0.272 e. The van der Waals surface area contributed by atoms with Gasteiger partial charge in [-0.1, -0.05) is 27.7 Å². The van der Waals surface area contributed by atoms with E-state index >= 15 is 0 Å².